The topological polar surface area (TPSA) is 64.9 Å². The van der Waals surface area contributed by atoms with Crippen LogP contribution in [0, 0.1) is 16.7 Å². The van der Waals surface area contributed by atoms with Crippen molar-refractivity contribution in [1.82, 2.24) is 5.32 Å². The summed E-state index contributed by atoms with van der Waals surface area (Å²) in [6, 6.07) is 13.9. The van der Waals surface area contributed by atoms with E-state index in [1.165, 1.54) is 23.3 Å². The number of carbonyl (C=O) groups excluding carboxylic acids is 1. The van der Waals surface area contributed by atoms with Crippen LogP contribution in [0.1, 0.15) is 96.0 Å². The van der Waals surface area contributed by atoms with Gasteiger partial charge in [0.15, 0.2) is 0 Å². The number of hydrogen-bond donors (Lipinski definition) is 2. The number of nitrogens with one attached hydrogen (secondary N) is 2. The van der Waals surface area contributed by atoms with Crippen LogP contribution < -0.4 is 15.3 Å². The van der Waals surface area contributed by atoms with Crippen LogP contribution in [0.4, 0.5) is 18.9 Å². The van der Waals surface area contributed by atoms with E-state index in [2.05, 4.69) is 69.8 Å². The van der Waals surface area contributed by atoms with E-state index < -0.39 is 25.2 Å². The van der Waals surface area contributed by atoms with Gasteiger partial charge in [-0.15, -0.1) is 0 Å². The number of amides is 1. The predicted molar refractivity (Wildman–Crippen MR) is 159 cm³/mol. The predicted octanol–water partition coefficient (Wildman–Crippen LogP) is 8.88. The molecule has 3 fully saturated rings. The fourth-order valence-electron chi connectivity index (χ4n) is 6.41. The Balaban J connectivity index is 1.54. The molecule has 40 heavy (non-hydrogen) atoms. The van der Waals surface area contributed by atoms with Crippen molar-refractivity contribution in [2.24, 2.45) is 5.41 Å². The number of anilines is 1. The van der Waals surface area contributed by atoms with Crippen molar-refractivity contribution in [3.8, 4) is 6.07 Å². The highest BCUT2D eigenvalue weighted by molar-refractivity contribution is 8.00. The summed E-state index contributed by atoms with van der Waals surface area (Å²) in [7, 11) is -0.477. The summed E-state index contributed by atoms with van der Waals surface area (Å²) in [5.74, 6) is -0.389. The summed E-state index contributed by atoms with van der Waals surface area (Å²) in [5, 5.41) is 14.2. The zero-order valence-corrected chi connectivity index (χ0v) is 25.8. The Morgan fingerprint density at radius 1 is 0.900 bits per heavy atom. The molecule has 216 valence electrons. The molecule has 0 heterocycles. The molecule has 2 aromatic carbocycles. The third kappa shape index (κ3) is 6.63. The first kappa shape index (κ1) is 30.7. The molecule has 0 atom stereocenters. The van der Waals surface area contributed by atoms with Gasteiger partial charge in [0.1, 0.15) is 0 Å². The zero-order chi connectivity index (χ0) is 29.6. The van der Waals surface area contributed by atoms with E-state index >= 15 is 0 Å². The van der Waals surface area contributed by atoms with Crippen molar-refractivity contribution in [2.75, 3.05) is 4.72 Å². The number of benzene rings is 2. The normalized spacial score (nSPS) is 23.1. The fourth-order valence-corrected chi connectivity index (χ4v) is 11.1. The number of carbonyl (C=O) groups is 1. The van der Waals surface area contributed by atoms with Gasteiger partial charge >= 0.3 is 6.18 Å². The summed E-state index contributed by atoms with van der Waals surface area (Å²) >= 11 is 1.19. The molecular formula is C31H39F3N3OPS. The maximum absolute atomic E-state index is 13.6. The first-order chi connectivity index (χ1) is 18.5. The highest BCUT2D eigenvalue weighted by atomic mass is 32.2. The largest absolute Gasteiger partial charge is 0.416 e. The third-order valence-corrected chi connectivity index (χ3v) is 12.5. The number of fused-ring (bicyclic) bond motifs is 3. The maximum atomic E-state index is 13.6. The van der Waals surface area contributed by atoms with Gasteiger partial charge in [0.05, 0.1) is 28.3 Å². The molecule has 9 heteroatoms. The molecule has 0 radical (unpaired) electrons. The number of nitrogens with zero attached hydrogens (tertiary/aromatic N) is 1. The number of alkyl halides is 3. The van der Waals surface area contributed by atoms with E-state index in [0.29, 0.717) is 19.3 Å². The molecule has 0 unspecified atom stereocenters. The molecule has 1 amide bonds. The van der Waals surface area contributed by atoms with Gasteiger partial charge in [-0.05, 0) is 96.4 Å². The zero-order valence-electron chi connectivity index (χ0n) is 24.1. The Morgan fingerprint density at radius 2 is 1.45 bits per heavy atom. The molecule has 3 aliphatic carbocycles. The van der Waals surface area contributed by atoms with E-state index in [1.54, 1.807) is 0 Å². The lowest BCUT2D eigenvalue weighted by Gasteiger charge is -2.50. The first-order valence-corrected chi connectivity index (χ1v) is 15.9. The molecule has 3 saturated carbocycles. The van der Waals surface area contributed by atoms with Gasteiger partial charge in [0, 0.05) is 10.4 Å². The Labute approximate surface area is 241 Å². The molecule has 2 aromatic rings. The number of rotatable bonds is 6. The van der Waals surface area contributed by atoms with Crippen molar-refractivity contribution < 1.29 is 18.0 Å². The van der Waals surface area contributed by atoms with E-state index in [9.17, 15) is 23.2 Å². The highest BCUT2D eigenvalue weighted by Crippen LogP contribution is 2.58. The lowest BCUT2D eigenvalue weighted by atomic mass is 9.58. The summed E-state index contributed by atoms with van der Waals surface area (Å²) in [5.41, 5.74) is -1.20. The van der Waals surface area contributed by atoms with Gasteiger partial charge in [-0.25, -0.2) is 0 Å². The molecule has 0 aliphatic heterocycles. The molecule has 2 bridgehead atoms. The Morgan fingerprint density at radius 3 is 1.93 bits per heavy atom. The van der Waals surface area contributed by atoms with Crippen molar-refractivity contribution in [3.05, 3.63) is 53.6 Å². The fraction of sp³-hybridized carbons (Fsp3) is 0.548. The quantitative estimate of drug-likeness (QED) is 0.261. The van der Waals surface area contributed by atoms with Crippen LogP contribution >= 0.6 is 19.9 Å². The summed E-state index contributed by atoms with van der Waals surface area (Å²) in [6.07, 6.45) is -0.185. The minimum absolute atomic E-state index is 0.118. The van der Waals surface area contributed by atoms with Crippen LogP contribution in [0.5, 0.6) is 0 Å². The first-order valence-electron chi connectivity index (χ1n) is 13.8. The number of halogens is 3. The SMILES string of the molecule is CC(C)(C)P(c1ccc(SNc2cc(C(F)(F)F)ccc2C(=O)NC23CCC(C#N)(CC2)CC3)cc1)C(C)(C)C. The van der Waals surface area contributed by atoms with Crippen LogP contribution in [0.2, 0.25) is 0 Å². The lowest BCUT2D eigenvalue weighted by Crippen LogP contribution is -2.56. The average molecular weight is 590 g/mol. The van der Waals surface area contributed by atoms with Crippen molar-refractivity contribution >= 4 is 36.8 Å². The van der Waals surface area contributed by atoms with Crippen LogP contribution in [0.25, 0.3) is 0 Å². The van der Waals surface area contributed by atoms with Crippen molar-refractivity contribution in [1.29, 1.82) is 5.26 Å². The maximum Gasteiger partial charge on any atom is 0.416 e. The smallest absolute Gasteiger partial charge is 0.347 e. The molecule has 0 spiro atoms. The number of hydrogen-bond acceptors (Lipinski definition) is 4. The second-order valence-corrected chi connectivity index (χ2v) is 18.0. The van der Waals surface area contributed by atoms with E-state index in [1.807, 2.05) is 12.1 Å². The van der Waals surface area contributed by atoms with Gasteiger partial charge < -0.3 is 10.0 Å². The van der Waals surface area contributed by atoms with E-state index in [0.717, 1.165) is 36.3 Å². The van der Waals surface area contributed by atoms with Crippen LogP contribution in [-0.2, 0) is 6.18 Å². The van der Waals surface area contributed by atoms with E-state index in [-0.39, 0.29) is 32.9 Å². The van der Waals surface area contributed by atoms with Gasteiger partial charge in [-0.3, -0.25) is 4.79 Å². The van der Waals surface area contributed by atoms with Crippen molar-refractivity contribution in [3.63, 3.8) is 0 Å². The Kier molecular flexibility index (Phi) is 8.35. The standard InChI is InChI=1S/C31H39F3N3OPS/c1-27(2,3)39(28(4,5)6)22-8-10-23(11-9-22)40-37-25-19-21(31(32,33)34)7-12-24(25)26(38)36-30-16-13-29(20-35,14-17-30)15-18-30/h7-12,19,37H,13-18H2,1-6H3,(H,36,38). The number of nitriles is 1. The van der Waals surface area contributed by atoms with Gasteiger partial charge in [-0.1, -0.05) is 61.6 Å². The molecule has 0 aromatic heterocycles. The minimum Gasteiger partial charge on any atom is -0.347 e. The third-order valence-electron chi connectivity index (χ3n) is 8.17. The van der Waals surface area contributed by atoms with Crippen molar-refractivity contribution in [2.45, 2.75) is 107 Å². The van der Waals surface area contributed by atoms with Crippen LogP contribution in [-0.4, -0.2) is 21.8 Å². The molecule has 5 rings (SSSR count). The van der Waals surface area contributed by atoms with Crippen LogP contribution in [0.3, 0.4) is 0 Å². The van der Waals surface area contributed by atoms with Gasteiger partial charge in [0.25, 0.3) is 5.91 Å². The second-order valence-electron chi connectivity index (χ2n) is 13.3. The molecule has 2 N–H and O–H groups in total. The Hall–Kier alpha value is -2.23. The molecular weight excluding hydrogens is 550 g/mol. The summed E-state index contributed by atoms with van der Waals surface area (Å²) in [6.45, 7) is 13.6. The monoisotopic (exact) mass is 589 g/mol. The minimum atomic E-state index is -4.53. The Bertz CT molecular complexity index is 1250. The van der Waals surface area contributed by atoms with Gasteiger partial charge in [-0.2, -0.15) is 18.4 Å². The molecule has 4 nitrogen and oxygen atoms in total. The summed E-state index contributed by atoms with van der Waals surface area (Å²) in [4.78, 5) is 14.3. The molecule has 0 saturated heterocycles. The highest BCUT2D eigenvalue weighted by Gasteiger charge is 2.49. The van der Waals surface area contributed by atoms with E-state index in [4.69, 9.17) is 0 Å². The molecule has 3 aliphatic rings. The lowest BCUT2D eigenvalue weighted by molar-refractivity contribution is -0.137. The second kappa shape index (κ2) is 10.9. The average Bonchev–Trinajstić information content (AvgIpc) is 2.87. The summed E-state index contributed by atoms with van der Waals surface area (Å²) < 4.78 is 43.8. The van der Waals surface area contributed by atoms with Crippen LogP contribution in [0.15, 0.2) is 47.4 Å². The van der Waals surface area contributed by atoms with Gasteiger partial charge in [0.2, 0.25) is 0 Å².